The third-order valence-electron chi connectivity index (χ3n) is 8.88. The average molecular weight is 801 g/mol. The zero-order chi connectivity index (χ0) is 42.3. The quantitative estimate of drug-likeness (QED) is 0.0203. The topological polar surface area (TPSA) is 78.9 Å². The summed E-state index contributed by atoms with van der Waals surface area (Å²) in [5.41, 5.74) is 0. The molecule has 0 amide bonds. The predicted octanol–water partition coefficient (Wildman–Crippen LogP) is 14.6. The molecule has 6 heteroatoms. The molecule has 0 saturated carbocycles. The van der Waals surface area contributed by atoms with Gasteiger partial charge in [0.05, 0.1) is 0 Å². The van der Waals surface area contributed by atoms with Crippen LogP contribution in [0.3, 0.4) is 0 Å². The number of hydrogen-bond donors (Lipinski definition) is 0. The number of carbonyl (C=O) groups is 3. The SMILES string of the molecule is CC\C=C/C=C\C=C/C=C\C=C/CCCC(=O)OC(COC(=O)CCCCCCC\C=C/C=C\C=C/CC)COC(=O)CCCCCCCCC/C=C\C/C=C\CC. The van der Waals surface area contributed by atoms with Gasteiger partial charge in [0.15, 0.2) is 6.10 Å². The summed E-state index contributed by atoms with van der Waals surface area (Å²) in [6.07, 6.45) is 61.9. The van der Waals surface area contributed by atoms with E-state index in [2.05, 4.69) is 81.5 Å². The maximum absolute atomic E-state index is 12.7. The lowest BCUT2D eigenvalue weighted by Gasteiger charge is -2.18. The van der Waals surface area contributed by atoms with Gasteiger partial charge < -0.3 is 14.2 Å². The van der Waals surface area contributed by atoms with E-state index in [1.54, 1.807) is 0 Å². The van der Waals surface area contributed by atoms with Crippen molar-refractivity contribution in [2.75, 3.05) is 13.2 Å². The van der Waals surface area contributed by atoms with E-state index in [4.69, 9.17) is 14.2 Å². The van der Waals surface area contributed by atoms with Gasteiger partial charge in [0, 0.05) is 19.3 Å². The molecule has 0 radical (unpaired) electrons. The van der Waals surface area contributed by atoms with Crippen molar-refractivity contribution in [1.82, 2.24) is 0 Å². The van der Waals surface area contributed by atoms with Crippen LogP contribution in [0.25, 0.3) is 0 Å². The summed E-state index contributed by atoms with van der Waals surface area (Å²) in [5, 5.41) is 0. The number of esters is 3. The molecule has 0 heterocycles. The lowest BCUT2D eigenvalue weighted by Crippen LogP contribution is -2.30. The lowest BCUT2D eigenvalue weighted by atomic mass is 10.1. The minimum Gasteiger partial charge on any atom is -0.462 e. The van der Waals surface area contributed by atoms with Crippen LogP contribution >= 0.6 is 0 Å². The van der Waals surface area contributed by atoms with Crippen LogP contribution in [0.15, 0.2) is 122 Å². The second-order valence-electron chi connectivity index (χ2n) is 14.3. The van der Waals surface area contributed by atoms with Crippen molar-refractivity contribution in [1.29, 1.82) is 0 Å². The zero-order valence-electron chi connectivity index (χ0n) is 36.8. The Kier molecular flexibility index (Phi) is 42.2. The van der Waals surface area contributed by atoms with Crippen LogP contribution in [0.4, 0.5) is 0 Å². The van der Waals surface area contributed by atoms with E-state index in [9.17, 15) is 14.4 Å². The first-order valence-corrected chi connectivity index (χ1v) is 22.6. The molecule has 0 fully saturated rings. The first kappa shape index (κ1) is 53.8. The molecule has 0 aliphatic rings. The normalized spacial score (nSPS) is 13.2. The van der Waals surface area contributed by atoms with Crippen LogP contribution in [0, 0.1) is 0 Å². The zero-order valence-corrected chi connectivity index (χ0v) is 36.8. The number of allylic oxidation sites excluding steroid dienone is 20. The Hall–Kier alpha value is -4.19. The van der Waals surface area contributed by atoms with Crippen molar-refractivity contribution in [2.24, 2.45) is 0 Å². The standard InChI is InChI=1S/C52H80O6/c1-4-7-10-13-16-19-22-25-28-30-33-36-39-42-45-51(54)57-48-49(58-52(55)46-43-40-37-34-31-27-24-21-18-15-12-9-6-3)47-56-50(53)44-41-38-35-32-29-26-23-20-17-14-11-8-5-2/h7-12,14-21,23-24,27,31,34,37,49H,4-6,13,22,25-26,28-30,32-33,35-36,38-48H2,1-3H3/b10-7-,11-8-,12-9-,17-14-,18-15-,19-16-,23-20-,24-21-,31-27-,37-34-. The van der Waals surface area contributed by atoms with Crippen LogP contribution in [0.2, 0.25) is 0 Å². The molecule has 6 nitrogen and oxygen atoms in total. The van der Waals surface area contributed by atoms with Crippen molar-refractivity contribution >= 4 is 17.9 Å². The van der Waals surface area contributed by atoms with Crippen LogP contribution in [0.5, 0.6) is 0 Å². The molecule has 0 N–H and O–H groups in total. The monoisotopic (exact) mass is 801 g/mol. The number of carbonyl (C=O) groups excluding carboxylic acids is 3. The molecule has 0 aromatic rings. The maximum Gasteiger partial charge on any atom is 0.306 e. The van der Waals surface area contributed by atoms with Gasteiger partial charge in [-0.25, -0.2) is 0 Å². The van der Waals surface area contributed by atoms with Gasteiger partial charge in [0.25, 0.3) is 0 Å². The Morgan fingerprint density at radius 2 is 0.724 bits per heavy atom. The molecule has 0 aromatic heterocycles. The second-order valence-corrected chi connectivity index (χ2v) is 14.3. The minimum atomic E-state index is -0.828. The van der Waals surface area contributed by atoms with E-state index < -0.39 is 12.1 Å². The lowest BCUT2D eigenvalue weighted by molar-refractivity contribution is -0.167. The summed E-state index contributed by atoms with van der Waals surface area (Å²) < 4.78 is 16.6. The van der Waals surface area contributed by atoms with Gasteiger partial charge in [-0.1, -0.05) is 194 Å². The summed E-state index contributed by atoms with van der Waals surface area (Å²) >= 11 is 0. The van der Waals surface area contributed by atoms with E-state index in [0.717, 1.165) is 96.3 Å². The third-order valence-corrected chi connectivity index (χ3v) is 8.88. The molecular weight excluding hydrogens is 721 g/mol. The van der Waals surface area contributed by atoms with Crippen molar-refractivity contribution in [2.45, 2.75) is 175 Å². The molecule has 1 atom stereocenters. The molecule has 0 spiro atoms. The van der Waals surface area contributed by atoms with Crippen molar-refractivity contribution < 1.29 is 28.6 Å². The molecule has 0 bridgehead atoms. The predicted molar refractivity (Wildman–Crippen MR) is 246 cm³/mol. The summed E-state index contributed by atoms with van der Waals surface area (Å²) in [5.74, 6) is -1.04. The first-order chi connectivity index (χ1) is 28.5. The van der Waals surface area contributed by atoms with Gasteiger partial charge >= 0.3 is 17.9 Å². The Morgan fingerprint density at radius 1 is 0.362 bits per heavy atom. The number of rotatable bonds is 38. The fourth-order valence-corrected chi connectivity index (χ4v) is 5.57. The summed E-state index contributed by atoms with van der Waals surface area (Å²) in [6.45, 7) is 6.13. The largest absolute Gasteiger partial charge is 0.462 e. The molecular formula is C52H80O6. The highest BCUT2D eigenvalue weighted by Gasteiger charge is 2.19. The molecule has 0 aliphatic heterocycles. The Balaban J connectivity index is 4.56. The van der Waals surface area contributed by atoms with Gasteiger partial charge in [-0.2, -0.15) is 0 Å². The van der Waals surface area contributed by atoms with Crippen molar-refractivity contribution in [3.63, 3.8) is 0 Å². The molecule has 0 aromatic carbocycles. The van der Waals surface area contributed by atoms with Gasteiger partial charge in [0.2, 0.25) is 0 Å². The van der Waals surface area contributed by atoms with Crippen LogP contribution in [-0.2, 0) is 28.6 Å². The smallest absolute Gasteiger partial charge is 0.306 e. The van der Waals surface area contributed by atoms with Crippen LogP contribution in [-0.4, -0.2) is 37.2 Å². The number of hydrogen-bond acceptors (Lipinski definition) is 6. The highest BCUT2D eigenvalue weighted by atomic mass is 16.6. The van der Waals surface area contributed by atoms with Crippen molar-refractivity contribution in [3.8, 4) is 0 Å². The Bertz CT molecular complexity index is 1290. The van der Waals surface area contributed by atoms with Gasteiger partial charge in [-0.3, -0.25) is 14.4 Å². The van der Waals surface area contributed by atoms with Gasteiger partial charge in [-0.05, 0) is 77.0 Å². The van der Waals surface area contributed by atoms with Crippen LogP contribution in [0.1, 0.15) is 168 Å². The fourth-order valence-electron chi connectivity index (χ4n) is 5.57. The maximum atomic E-state index is 12.7. The summed E-state index contributed by atoms with van der Waals surface area (Å²) in [4.78, 5) is 37.8. The minimum absolute atomic E-state index is 0.122. The molecule has 0 saturated heterocycles. The van der Waals surface area contributed by atoms with E-state index in [1.165, 1.54) is 25.7 Å². The first-order valence-electron chi connectivity index (χ1n) is 22.6. The highest BCUT2D eigenvalue weighted by molar-refractivity contribution is 5.71. The van der Waals surface area contributed by atoms with E-state index in [1.807, 2.05) is 60.8 Å². The second kappa shape index (κ2) is 45.5. The van der Waals surface area contributed by atoms with Gasteiger partial charge in [0.1, 0.15) is 13.2 Å². The summed E-state index contributed by atoms with van der Waals surface area (Å²) in [6, 6.07) is 0. The van der Waals surface area contributed by atoms with E-state index >= 15 is 0 Å². The molecule has 324 valence electrons. The molecule has 0 rings (SSSR count). The van der Waals surface area contributed by atoms with Crippen molar-refractivity contribution in [3.05, 3.63) is 122 Å². The average Bonchev–Trinajstić information content (AvgIpc) is 3.22. The van der Waals surface area contributed by atoms with E-state index in [-0.39, 0.29) is 31.6 Å². The molecule has 1 unspecified atom stereocenters. The fraction of sp³-hybridized carbons (Fsp3) is 0.558. The Morgan fingerprint density at radius 3 is 1.21 bits per heavy atom. The van der Waals surface area contributed by atoms with Crippen LogP contribution < -0.4 is 0 Å². The third kappa shape index (κ3) is 42.9. The Labute approximate surface area is 354 Å². The summed E-state index contributed by atoms with van der Waals surface area (Å²) in [7, 11) is 0. The number of ether oxygens (including phenoxy) is 3. The number of unbranched alkanes of at least 4 members (excludes halogenated alkanes) is 13. The van der Waals surface area contributed by atoms with Gasteiger partial charge in [-0.15, -0.1) is 0 Å². The molecule has 0 aliphatic carbocycles. The highest BCUT2D eigenvalue weighted by Crippen LogP contribution is 2.12. The molecule has 58 heavy (non-hydrogen) atoms. The van der Waals surface area contributed by atoms with E-state index in [0.29, 0.717) is 19.3 Å².